The van der Waals surface area contributed by atoms with E-state index in [-0.39, 0.29) is 5.82 Å². The lowest BCUT2D eigenvalue weighted by molar-refractivity contribution is 0.190. The SMILES string of the molecule is COc1cccc(CNC[C@H](C)O)c1OCc1ccc(F)cc1. The first-order chi connectivity index (χ1) is 11.1. The van der Waals surface area contributed by atoms with Gasteiger partial charge >= 0.3 is 0 Å². The second-order valence-corrected chi connectivity index (χ2v) is 5.34. The molecule has 0 saturated carbocycles. The Kier molecular flexibility index (Phi) is 6.38. The van der Waals surface area contributed by atoms with Gasteiger partial charge in [0.05, 0.1) is 13.2 Å². The number of para-hydroxylation sites is 1. The number of hydrogen-bond acceptors (Lipinski definition) is 4. The molecule has 1 atom stereocenters. The second-order valence-electron chi connectivity index (χ2n) is 5.34. The van der Waals surface area contributed by atoms with Crippen LogP contribution in [0.25, 0.3) is 0 Å². The lowest BCUT2D eigenvalue weighted by atomic mass is 10.1. The van der Waals surface area contributed by atoms with Crippen LogP contribution in [0.5, 0.6) is 11.5 Å². The molecule has 2 aromatic carbocycles. The zero-order valence-electron chi connectivity index (χ0n) is 13.4. The fraction of sp³-hybridized carbons (Fsp3) is 0.333. The molecule has 0 heterocycles. The zero-order valence-corrected chi connectivity index (χ0v) is 13.4. The summed E-state index contributed by atoms with van der Waals surface area (Å²) in [7, 11) is 1.59. The summed E-state index contributed by atoms with van der Waals surface area (Å²) in [5.41, 5.74) is 1.81. The van der Waals surface area contributed by atoms with E-state index in [0.29, 0.717) is 31.2 Å². The summed E-state index contributed by atoms with van der Waals surface area (Å²) in [6, 6.07) is 11.9. The van der Waals surface area contributed by atoms with Gasteiger partial charge in [-0.2, -0.15) is 0 Å². The third kappa shape index (κ3) is 5.23. The van der Waals surface area contributed by atoms with Crippen LogP contribution in [0.2, 0.25) is 0 Å². The fourth-order valence-corrected chi connectivity index (χ4v) is 2.18. The molecule has 0 unspecified atom stereocenters. The number of hydrogen-bond donors (Lipinski definition) is 2. The molecule has 2 N–H and O–H groups in total. The van der Waals surface area contributed by atoms with Crippen molar-refractivity contribution in [3.05, 3.63) is 59.4 Å². The first-order valence-corrected chi connectivity index (χ1v) is 7.52. The van der Waals surface area contributed by atoms with Crippen molar-refractivity contribution in [1.29, 1.82) is 0 Å². The van der Waals surface area contributed by atoms with Crippen molar-refractivity contribution >= 4 is 0 Å². The number of aliphatic hydroxyl groups excluding tert-OH is 1. The first-order valence-electron chi connectivity index (χ1n) is 7.52. The summed E-state index contributed by atoms with van der Waals surface area (Å²) in [5.74, 6) is 1.02. The van der Waals surface area contributed by atoms with E-state index in [1.807, 2.05) is 18.2 Å². The number of nitrogens with one attached hydrogen (secondary N) is 1. The minimum atomic E-state index is -0.413. The summed E-state index contributed by atoms with van der Waals surface area (Å²) in [5, 5.41) is 12.5. The third-order valence-corrected chi connectivity index (χ3v) is 3.33. The highest BCUT2D eigenvalue weighted by molar-refractivity contribution is 5.46. The van der Waals surface area contributed by atoms with Crippen molar-refractivity contribution in [2.75, 3.05) is 13.7 Å². The quantitative estimate of drug-likeness (QED) is 0.785. The van der Waals surface area contributed by atoms with E-state index in [9.17, 15) is 9.50 Å². The highest BCUT2D eigenvalue weighted by Crippen LogP contribution is 2.31. The van der Waals surface area contributed by atoms with Crippen LogP contribution in [-0.2, 0) is 13.2 Å². The Morgan fingerprint density at radius 1 is 1.17 bits per heavy atom. The van der Waals surface area contributed by atoms with Gasteiger partial charge in [0, 0.05) is 18.7 Å². The lowest BCUT2D eigenvalue weighted by Gasteiger charge is -2.16. The van der Waals surface area contributed by atoms with Crippen LogP contribution in [0, 0.1) is 5.82 Å². The van der Waals surface area contributed by atoms with Crippen molar-refractivity contribution in [3.8, 4) is 11.5 Å². The van der Waals surface area contributed by atoms with E-state index in [1.54, 1.807) is 26.2 Å². The lowest BCUT2D eigenvalue weighted by Crippen LogP contribution is -2.24. The number of halogens is 1. The summed E-state index contributed by atoms with van der Waals surface area (Å²) >= 11 is 0. The highest BCUT2D eigenvalue weighted by atomic mass is 19.1. The molecule has 2 rings (SSSR count). The molecule has 124 valence electrons. The molecule has 4 nitrogen and oxygen atoms in total. The van der Waals surface area contributed by atoms with E-state index < -0.39 is 6.10 Å². The molecule has 5 heteroatoms. The van der Waals surface area contributed by atoms with E-state index in [0.717, 1.165) is 11.1 Å². The van der Waals surface area contributed by atoms with Crippen LogP contribution in [0.15, 0.2) is 42.5 Å². The Morgan fingerprint density at radius 3 is 2.57 bits per heavy atom. The van der Waals surface area contributed by atoms with Gasteiger partial charge in [0.25, 0.3) is 0 Å². The normalized spacial score (nSPS) is 12.0. The summed E-state index contributed by atoms with van der Waals surface area (Å²) in [4.78, 5) is 0. The van der Waals surface area contributed by atoms with Gasteiger partial charge in [-0.15, -0.1) is 0 Å². The van der Waals surface area contributed by atoms with Crippen molar-refractivity contribution < 1.29 is 19.0 Å². The predicted octanol–water partition coefficient (Wildman–Crippen LogP) is 2.88. The molecule has 0 radical (unpaired) electrons. The molecule has 0 bridgehead atoms. The fourth-order valence-electron chi connectivity index (χ4n) is 2.18. The van der Waals surface area contributed by atoms with Crippen LogP contribution >= 0.6 is 0 Å². The number of ether oxygens (including phenoxy) is 2. The van der Waals surface area contributed by atoms with Gasteiger partial charge in [0.2, 0.25) is 0 Å². The van der Waals surface area contributed by atoms with E-state index >= 15 is 0 Å². The van der Waals surface area contributed by atoms with Crippen LogP contribution in [0.4, 0.5) is 4.39 Å². The minimum absolute atomic E-state index is 0.269. The van der Waals surface area contributed by atoms with Crippen molar-refractivity contribution in [3.63, 3.8) is 0 Å². The number of methoxy groups -OCH3 is 1. The molecule has 23 heavy (non-hydrogen) atoms. The van der Waals surface area contributed by atoms with Crippen molar-refractivity contribution in [2.45, 2.75) is 26.2 Å². The molecule has 0 fully saturated rings. The molecule has 0 aliphatic heterocycles. The molecule has 0 amide bonds. The molecular weight excluding hydrogens is 297 g/mol. The number of benzene rings is 2. The van der Waals surface area contributed by atoms with Gasteiger partial charge in [-0.1, -0.05) is 24.3 Å². The van der Waals surface area contributed by atoms with Gasteiger partial charge in [-0.25, -0.2) is 4.39 Å². The Labute approximate surface area is 135 Å². The molecule has 0 aliphatic rings. The van der Waals surface area contributed by atoms with Gasteiger partial charge in [0.15, 0.2) is 11.5 Å². The molecular formula is C18H22FNO3. The Morgan fingerprint density at radius 2 is 1.91 bits per heavy atom. The maximum atomic E-state index is 12.9. The zero-order chi connectivity index (χ0) is 16.7. The monoisotopic (exact) mass is 319 g/mol. The Bertz CT molecular complexity index is 614. The molecule has 0 spiro atoms. The minimum Gasteiger partial charge on any atom is -0.493 e. The smallest absolute Gasteiger partial charge is 0.166 e. The molecule has 0 aromatic heterocycles. The van der Waals surface area contributed by atoms with Crippen LogP contribution in [-0.4, -0.2) is 24.9 Å². The average Bonchev–Trinajstić information content (AvgIpc) is 2.54. The highest BCUT2D eigenvalue weighted by Gasteiger charge is 2.11. The Hall–Kier alpha value is -2.11. The van der Waals surface area contributed by atoms with Crippen molar-refractivity contribution in [2.24, 2.45) is 0 Å². The van der Waals surface area contributed by atoms with Gasteiger partial charge in [0.1, 0.15) is 12.4 Å². The van der Waals surface area contributed by atoms with Crippen LogP contribution in [0.1, 0.15) is 18.1 Å². The Balaban J connectivity index is 2.09. The van der Waals surface area contributed by atoms with Gasteiger partial charge in [-0.05, 0) is 30.7 Å². The second kappa shape index (κ2) is 8.50. The molecule has 0 saturated heterocycles. The number of aliphatic hydroxyl groups is 1. The summed E-state index contributed by atoms with van der Waals surface area (Å²) < 4.78 is 24.2. The number of rotatable bonds is 8. The summed E-state index contributed by atoms with van der Waals surface area (Å²) in [6.07, 6.45) is -0.413. The van der Waals surface area contributed by atoms with Gasteiger partial charge < -0.3 is 19.9 Å². The van der Waals surface area contributed by atoms with Crippen LogP contribution < -0.4 is 14.8 Å². The van der Waals surface area contributed by atoms with Gasteiger partial charge in [-0.3, -0.25) is 0 Å². The third-order valence-electron chi connectivity index (χ3n) is 3.33. The molecule has 2 aromatic rings. The first kappa shape index (κ1) is 17.2. The van der Waals surface area contributed by atoms with E-state index in [2.05, 4.69) is 5.32 Å². The predicted molar refractivity (Wildman–Crippen MR) is 87.1 cm³/mol. The standard InChI is InChI=1S/C18H22FNO3/c1-13(21)10-20-11-15-4-3-5-17(22-2)18(15)23-12-14-6-8-16(19)9-7-14/h3-9,13,20-21H,10-12H2,1-2H3/t13-/m0/s1. The maximum absolute atomic E-state index is 12.9. The maximum Gasteiger partial charge on any atom is 0.166 e. The molecule has 0 aliphatic carbocycles. The van der Waals surface area contributed by atoms with E-state index in [4.69, 9.17) is 9.47 Å². The average molecular weight is 319 g/mol. The van der Waals surface area contributed by atoms with Crippen molar-refractivity contribution in [1.82, 2.24) is 5.32 Å². The van der Waals surface area contributed by atoms with Crippen LogP contribution in [0.3, 0.4) is 0 Å². The van der Waals surface area contributed by atoms with E-state index in [1.165, 1.54) is 12.1 Å². The topological polar surface area (TPSA) is 50.7 Å². The largest absolute Gasteiger partial charge is 0.493 e. The summed E-state index contributed by atoms with van der Waals surface area (Å²) in [6.45, 7) is 3.10.